The highest BCUT2D eigenvalue weighted by atomic mass is 16.5. The van der Waals surface area contributed by atoms with Crippen LogP contribution in [0.15, 0.2) is 63.7 Å². The second-order valence-corrected chi connectivity index (χ2v) is 10.7. The quantitative estimate of drug-likeness (QED) is 0.265. The molecule has 1 unspecified atom stereocenters. The second-order valence-electron chi connectivity index (χ2n) is 10.7. The molecule has 42 heavy (non-hydrogen) atoms. The standard InChI is InChI=1S/C29H32N4O6.CH2O2/c1-19(34)20-4-6-21(7-5-20)32-27(35)31-11-10-24-26(33(31)28(32)36)23-9-8-22(18-25(23)39-29(24,2)3)38-17-14-30-12-15-37-16-13-30;2-1-3/h4-10,18,26H,11-17H2,1-3H3;1H,(H,2,3). The molecule has 6 rings (SSSR count). The number of allylic oxidation sites excluding steroid dienone is 1. The molecule has 12 nitrogen and oxygen atoms in total. The van der Waals surface area contributed by atoms with E-state index in [1.165, 1.54) is 16.3 Å². The number of morpholine rings is 1. The van der Waals surface area contributed by atoms with Gasteiger partial charge in [0.05, 0.1) is 25.4 Å². The van der Waals surface area contributed by atoms with E-state index in [1.807, 2.05) is 38.1 Å². The second kappa shape index (κ2) is 11.8. The minimum Gasteiger partial charge on any atom is -0.492 e. The number of Topliss-reactive ketones (excluding diaryl/α,β-unsaturated/α-hetero) is 1. The zero-order chi connectivity index (χ0) is 30.0. The summed E-state index contributed by atoms with van der Waals surface area (Å²) in [6.07, 6.45) is 1.98. The fraction of sp³-hybridized carbons (Fsp3) is 0.400. The van der Waals surface area contributed by atoms with Crippen LogP contribution in [-0.4, -0.2) is 81.2 Å². The fourth-order valence-corrected chi connectivity index (χ4v) is 5.65. The van der Waals surface area contributed by atoms with Gasteiger partial charge in [-0.25, -0.2) is 23.5 Å². The van der Waals surface area contributed by atoms with Crippen LogP contribution in [0.2, 0.25) is 0 Å². The molecule has 222 valence electrons. The first-order valence-electron chi connectivity index (χ1n) is 13.8. The maximum atomic E-state index is 13.8. The summed E-state index contributed by atoms with van der Waals surface area (Å²) in [6, 6.07) is 11.7. The van der Waals surface area contributed by atoms with E-state index in [1.54, 1.807) is 24.3 Å². The van der Waals surface area contributed by atoms with Crippen LogP contribution in [0, 0.1) is 0 Å². The van der Waals surface area contributed by atoms with Crippen LogP contribution in [0.25, 0.3) is 5.69 Å². The Hall–Kier alpha value is -4.42. The zero-order valence-electron chi connectivity index (χ0n) is 23.8. The Morgan fingerprint density at radius 3 is 2.45 bits per heavy atom. The molecule has 3 aliphatic heterocycles. The largest absolute Gasteiger partial charge is 0.492 e. The molecule has 1 N–H and O–H groups in total. The van der Waals surface area contributed by atoms with Gasteiger partial charge in [-0.15, -0.1) is 0 Å². The van der Waals surface area contributed by atoms with Crippen LogP contribution in [0.5, 0.6) is 11.5 Å². The molecule has 0 amide bonds. The van der Waals surface area contributed by atoms with E-state index in [0.717, 1.165) is 48.6 Å². The SMILES string of the molecule is CC(=O)c1ccc(-n2c(=O)n3n(c2=O)C2C(=CC3)C(C)(C)Oc3cc(OCCN4CCOCC4)ccc32)cc1.O=CO. The summed E-state index contributed by atoms with van der Waals surface area (Å²) < 4.78 is 22.0. The Labute approximate surface area is 241 Å². The van der Waals surface area contributed by atoms with Crippen molar-refractivity contribution in [1.29, 1.82) is 0 Å². The first-order chi connectivity index (χ1) is 20.2. The Morgan fingerprint density at radius 1 is 1.10 bits per heavy atom. The van der Waals surface area contributed by atoms with Gasteiger partial charge >= 0.3 is 11.4 Å². The molecule has 2 aromatic carbocycles. The number of hydrogen-bond acceptors (Lipinski definition) is 8. The van der Waals surface area contributed by atoms with Gasteiger partial charge in [-0.2, -0.15) is 0 Å². The molecule has 1 atom stereocenters. The summed E-state index contributed by atoms with van der Waals surface area (Å²) in [7, 11) is 0. The number of aromatic nitrogens is 3. The van der Waals surface area contributed by atoms with E-state index >= 15 is 0 Å². The lowest BCUT2D eigenvalue weighted by atomic mass is 9.83. The van der Waals surface area contributed by atoms with Gasteiger partial charge in [0.15, 0.2) is 5.78 Å². The van der Waals surface area contributed by atoms with Crippen molar-refractivity contribution in [1.82, 2.24) is 18.8 Å². The van der Waals surface area contributed by atoms with E-state index in [-0.39, 0.29) is 18.8 Å². The number of benzene rings is 2. The highest BCUT2D eigenvalue weighted by Crippen LogP contribution is 2.47. The Kier molecular flexibility index (Phi) is 8.19. The summed E-state index contributed by atoms with van der Waals surface area (Å²) in [6.45, 7) is 10.1. The van der Waals surface area contributed by atoms with Crippen molar-refractivity contribution in [2.24, 2.45) is 0 Å². The van der Waals surface area contributed by atoms with Gasteiger partial charge in [-0.1, -0.05) is 6.08 Å². The lowest BCUT2D eigenvalue weighted by Crippen LogP contribution is -2.46. The molecule has 1 saturated heterocycles. The molecule has 1 aromatic heterocycles. The molecule has 12 heteroatoms. The fourth-order valence-electron chi connectivity index (χ4n) is 5.65. The minimum atomic E-state index is -0.698. The molecule has 0 aliphatic carbocycles. The van der Waals surface area contributed by atoms with Crippen molar-refractivity contribution in [2.75, 3.05) is 39.5 Å². The number of carbonyl (C=O) groups is 2. The predicted molar refractivity (Wildman–Crippen MR) is 153 cm³/mol. The molecule has 4 heterocycles. The highest BCUT2D eigenvalue weighted by Gasteiger charge is 2.44. The molecule has 0 spiro atoms. The van der Waals surface area contributed by atoms with E-state index in [0.29, 0.717) is 29.4 Å². The van der Waals surface area contributed by atoms with Gasteiger partial charge < -0.3 is 19.3 Å². The van der Waals surface area contributed by atoms with Gasteiger partial charge in [-0.05, 0) is 62.7 Å². The lowest BCUT2D eigenvalue weighted by Gasteiger charge is -2.42. The van der Waals surface area contributed by atoms with Crippen molar-refractivity contribution in [3.8, 4) is 17.2 Å². The van der Waals surface area contributed by atoms with E-state index in [4.69, 9.17) is 24.1 Å². The molecule has 0 saturated carbocycles. The highest BCUT2D eigenvalue weighted by molar-refractivity contribution is 5.94. The molecule has 3 aromatic rings. The first kappa shape index (κ1) is 29.1. The monoisotopic (exact) mass is 578 g/mol. The number of rotatable bonds is 6. The van der Waals surface area contributed by atoms with Gasteiger partial charge in [0, 0.05) is 36.8 Å². The van der Waals surface area contributed by atoms with Gasteiger partial charge in [0.25, 0.3) is 6.47 Å². The third-order valence-corrected chi connectivity index (χ3v) is 7.73. The third-order valence-electron chi connectivity index (χ3n) is 7.73. The number of carbonyl (C=O) groups excluding carboxylic acids is 1. The molecular formula is C30H34N4O8. The Balaban J connectivity index is 0.00000113. The van der Waals surface area contributed by atoms with Crippen molar-refractivity contribution >= 4 is 12.3 Å². The number of fused-ring (bicyclic) bond motifs is 5. The van der Waals surface area contributed by atoms with Crippen LogP contribution in [0.1, 0.15) is 42.7 Å². The summed E-state index contributed by atoms with van der Waals surface area (Å²) in [4.78, 5) is 49.6. The summed E-state index contributed by atoms with van der Waals surface area (Å²) >= 11 is 0. The van der Waals surface area contributed by atoms with Crippen LogP contribution < -0.4 is 20.9 Å². The van der Waals surface area contributed by atoms with Crippen molar-refractivity contribution in [2.45, 2.75) is 39.0 Å². The van der Waals surface area contributed by atoms with Crippen molar-refractivity contribution in [3.63, 3.8) is 0 Å². The summed E-state index contributed by atoms with van der Waals surface area (Å²) in [5, 5.41) is 6.89. The smallest absolute Gasteiger partial charge is 0.352 e. The van der Waals surface area contributed by atoms with Crippen LogP contribution in [0.4, 0.5) is 0 Å². The molecule has 0 radical (unpaired) electrons. The maximum absolute atomic E-state index is 13.8. The molecular weight excluding hydrogens is 544 g/mol. The normalized spacial score (nSPS) is 18.6. The zero-order valence-corrected chi connectivity index (χ0v) is 23.8. The van der Waals surface area contributed by atoms with E-state index in [2.05, 4.69) is 4.90 Å². The number of hydrogen-bond donors (Lipinski definition) is 1. The number of nitrogens with zero attached hydrogens (tertiary/aromatic N) is 4. The topological polar surface area (TPSA) is 134 Å². The number of ether oxygens (including phenoxy) is 3. The predicted octanol–water partition coefficient (Wildman–Crippen LogP) is 2.12. The Morgan fingerprint density at radius 2 is 1.79 bits per heavy atom. The summed E-state index contributed by atoms with van der Waals surface area (Å²) in [5.74, 6) is 1.23. The average Bonchev–Trinajstić information content (AvgIpc) is 3.23. The van der Waals surface area contributed by atoms with Crippen LogP contribution in [-0.2, 0) is 16.1 Å². The maximum Gasteiger partial charge on any atom is 0.352 e. The van der Waals surface area contributed by atoms with E-state index in [9.17, 15) is 14.4 Å². The third kappa shape index (κ3) is 5.42. The van der Waals surface area contributed by atoms with Crippen LogP contribution in [0.3, 0.4) is 0 Å². The minimum absolute atomic E-state index is 0.0823. The Bertz CT molecular complexity index is 1620. The first-order valence-corrected chi connectivity index (χ1v) is 13.8. The van der Waals surface area contributed by atoms with Crippen molar-refractivity contribution in [3.05, 3.63) is 86.2 Å². The summed E-state index contributed by atoms with van der Waals surface area (Å²) in [5.41, 5.74) is 1.07. The van der Waals surface area contributed by atoms with E-state index < -0.39 is 23.0 Å². The molecule has 0 bridgehead atoms. The molecule has 3 aliphatic rings. The van der Waals surface area contributed by atoms with Gasteiger partial charge in [0.1, 0.15) is 29.7 Å². The number of carboxylic acid groups (broad SMARTS) is 1. The van der Waals surface area contributed by atoms with Crippen LogP contribution >= 0.6 is 0 Å². The average molecular weight is 579 g/mol. The molecule has 1 fully saturated rings. The lowest BCUT2D eigenvalue weighted by molar-refractivity contribution is -0.122. The number of ketones is 1. The van der Waals surface area contributed by atoms with Gasteiger partial charge in [-0.3, -0.25) is 14.5 Å². The van der Waals surface area contributed by atoms with Gasteiger partial charge in [0.2, 0.25) is 0 Å². The van der Waals surface area contributed by atoms with Crippen molar-refractivity contribution < 1.29 is 28.9 Å².